The zero-order valence-corrected chi connectivity index (χ0v) is 12.4. The first-order valence-electron chi connectivity index (χ1n) is 6.79. The average molecular weight is 289 g/mol. The Morgan fingerprint density at radius 2 is 2.00 bits per heavy atom. The van der Waals surface area contributed by atoms with E-state index in [0.717, 1.165) is 24.4 Å². The summed E-state index contributed by atoms with van der Waals surface area (Å²) in [6.07, 6.45) is 0.849. The standard InChI is InChI=1S/C14H19N5O2/c1-9-8-12(13(20)21)17-14(16-9)15-5-4-6-19-11(3)7-10(2)18-19/h7-8H,4-6H2,1-3H3,(H,20,21)(H,15,16,17). The first-order chi connectivity index (χ1) is 9.95. The summed E-state index contributed by atoms with van der Waals surface area (Å²) < 4.78 is 1.96. The summed E-state index contributed by atoms with van der Waals surface area (Å²) in [4.78, 5) is 19.1. The van der Waals surface area contributed by atoms with Gasteiger partial charge in [0, 0.05) is 24.5 Å². The molecule has 2 aromatic heterocycles. The second-order valence-corrected chi connectivity index (χ2v) is 4.95. The summed E-state index contributed by atoms with van der Waals surface area (Å²) in [6, 6.07) is 3.49. The van der Waals surface area contributed by atoms with Crippen LogP contribution in [-0.2, 0) is 6.54 Å². The second-order valence-electron chi connectivity index (χ2n) is 4.95. The molecule has 0 aromatic carbocycles. The average Bonchev–Trinajstić information content (AvgIpc) is 2.72. The van der Waals surface area contributed by atoms with Gasteiger partial charge in [0.1, 0.15) is 0 Å². The van der Waals surface area contributed by atoms with Gasteiger partial charge < -0.3 is 10.4 Å². The Labute approximate surface area is 123 Å². The normalized spacial score (nSPS) is 10.6. The molecular formula is C14H19N5O2. The number of aromatic carboxylic acids is 1. The van der Waals surface area contributed by atoms with Gasteiger partial charge >= 0.3 is 5.97 Å². The maximum absolute atomic E-state index is 10.9. The van der Waals surface area contributed by atoms with Gasteiger partial charge in [-0.25, -0.2) is 14.8 Å². The molecule has 0 saturated carbocycles. The molecule has 0 fully saturated rings. The van der Waals surface area contributed by atoms with Gasteiger partial charge in [0.05, 0.1) is 5.69 Å². The van der Waals surface area contributed by atoms with E-state index < -0.39 is 5.97 Å². The molecule has 0 aliphatic heterocycles. The van der Waals surface area contributed by atoms with Crippen molar-refractivity contribution < 1.29 is 9.90 Å². The third-order valence-electron chi connectivity index (χ3n) is 3.01. The molecule has 2 N–H and O–H groups in total. The molecule has 0 spiro atoms. The molecule has 21 heavy (non-hydrogen) atoms. The number of anilines is 1. The molecule has 0 aliphatic rings. The van der Waals surface area contributed by atoms with Gasteiger partial charge in [-0.1, -0.05) is 0 Å². The van der Waals surface area contributed by atoms with Crippen LogP contribution in [0.5, 0.6) is 0 Å². The number of nitrogens with one attached hydrogen (secondary N) is 1. The monoisotopic (exact) mass is 289 g/mol. The molecule has 2 heterocycles. The van der Waals surface area contributed by atoms with E-state index >= 15 is 0 Å². The fourth-order valence-corrected chi connectivity index (χ4v) is 2.09. The molecule has 7 nitrogen and oxygen atoms in total. The highest BCUT2D eigenvalue weighted by atomic mass is 16.4. The van der Waals surface area contributed by atoms with E-state index in [0.29, 0.717) is 18.2 Å². The van der Waals surface area contributed by atoms with Crippen molar-refractivity contribution >= 4 is 11.9 Å². The predicted octanol–water partition coefficient (Wildman–Crippen LogP) is 1.80. The SMILES string of the molecule is Cc1cc(C(=O)O)nc(NCCCn2nc(C)cc2C)n1. The molecule has 2 rings (SSSR count). The van der Waals surface area contributed by atoms with Crippen molar-refractivity contribution in [3.05, 3.63) is 34.9 Å². The Kier molecular flexibility index (Phi) is 4.52. The number of carbonyl (C=O) groups is 1. The molecule has 0 bridgehead atoms. The quantitative estimate of drug-likeness (QED) is 0.788. The van der Waals surface area contributed by atoms with Gasteiger partial charge in [-0.05, 0) is 39.3 Å². The topological polar surface area (TPSA) is 92.9 Å². The number of carboxylic acids is 1. The van der Waals surface area contributed by atoms with Crippen LogP contribution in [-0.4, -0.2) is 37.4 Å². The zero-order valence-electron chi connectivity index (χ0n) is 12.4. The predicted molar refractivity (Wildman–Crippen MR) is 78.5 cm³/mol. The van der Waals surface area contributed by atoms with Gasteiger partial charge in [0.15, 0.2) is 5.69 Å². The third kappa shape index (κ3) is 4.01. The first-order valence-corrected chi connectivity index (χ1v) is 6.79. The minimum Gasteiger partial charge on any atom is -0.477 e. The molecule has 0 radical (unpaired) electrons. The largest absolute Gasteiger partial charge is 0.477 e. The van der Waals surface area contributed by atoms with Crippen LogP contribution in [0, 0.1) is 20.8 Å². The van der Waals surface area contributed by atoms with E-state index in [-0.39, 0.29) is 5.69 Å². The van der Waals surface area contributed by atoms with Crippen molar-refractivity contribution in [2.75, 3.05) is 11.9 Å². The van der Waals surface area contributed by atoms with Crippen molar-refractivity contribution in [3.63, 3.8) is 0 Å². The Balaban J connectivity index is 1.89. The number of carboxylic acid groups (broad SMARTS) is 1. The highest BCUT2D eigenvalue weighted by molar-refractivity contribution is 5.85. The van der Waals surface area contributed by atoms with Gasteiger partial charge in [0.2, 0.25) is 5.95 Å². The van der Waals surface area contributed by atoms with Gasteiger partial charge in [0.25, 0.3) is 0 Å². The van der Waals surface area contributed by atoms with E-state index in [1.165, 1.54) is 6.07 Å². The minimum absolute atomic E-state index is 0.00328. The Hall–Kier alpha value is -2.44. The maximum Gasteiger partial charge on any atom is 0.354 e. The molecule has 0 saturated heterocycles. The van der Waals surface area contributed by atoms with Crippen LogP contribution in [0.15, 0.2) is 12.1 Å². The zero-order chi connectivity index (χ0) is 15.4. The van der Waals surface area contributed by atoms with E-state index in [1.807, 2.05) is 24.6 Å². The lowest BCUT2D eigenvalue weighted by Gasteiger charge is -2.07. The van der Waals surface area contributed by atoms with Crippen LogP contribution >= 0.6 is 0 Å². The van der Waals surface area contributed by atoms with Crippen molar-refractivity contribution in [1.29, 1.82) is 0 Å². The summed E-state index contributed by atoms with van der Waals surface area (Å²) in [5.41, 5.74) is 2.77. The summed E-state index contributed by atoms with van der Waals surface area (Å²) in [7, 11) is 0. The number of hydrogen-bond donors (Lipinski definition) is 2. The molecule has 0 atom stereocenters. The molecule has 2 aromatic rings. The van der Waals surface area contributed by atoms with E-state index in [9.17, 15) is 4.79 Å². The molecule has 0 amide bonds. The number of hydrogen-bond acceptors (Lipinski definition) is 5. The number of aromatic nitrogens is 4. The van der Waals surface area contributed by atoms with Crippen molar-refractivity contribution in [1.82, 2.24) is 19.7 Å². The molecular weight excluding hydrogens is 270 g/mol. The van der Waals surface area contributed by atoms with Crippen molar-refractivity contribution in [2.45, 2.75) is 33.7 Å². The van der Waals surface area contributed by atoms with Crippen molar-refractivity contribution in [2.24, 2.45) is 0 Å². The van der Waals surface area contributed by atoms with Crippen LogP contribution in [0.25, 0.3) is 0 Å². The highest BCUT2D eigenvalue weighted by Gasteiger charge is 2.08. The van der Waals surface area contributed by atoms with Crippen LogP contribution in [0.2, 0.25) is 0 Å². The van der Waals surface area contributed by atoms with Crippen LogP contribution in [0.4, 0.5) is 5.95 Å². The molecule has 7 heteroatoms. The third-order valence-corrected chi connectivity index (χ3v) is 3.01. The molecule has 112 valence electrons. The lowest BCUT2D eigenvalue weighted by molar-refractivity contribution is 0.0690. The number of rotatable bonds is 6. The molecule has 0 unspecified atom stereocenters. The van der Waals surface area contributed by atoms with Crippen LogP contribution < -0.4 is 5.32 Å². The second kappa shape index (κ2) is 6.34. The smallest absolute Gasteiger partial charge is 0.354 e. The van der Waals surface area contributed by atoms with E-state index in [1.54, 1.807) is 6.92 Å². The minimum atomic E-state index is -1.05. The van der Waals surface area contributed by atoms with Gasteiger partial charge in [-0.15, -0.1) is 0 Å². The summed E-state index contributed by atoms with van der Waals surface area (Å²) in [6.45, 7) is 7.19. The number of aryl methyl sites for hydroxylation is 4. The summed E-state index contributed by atoms with van der Waals surface area (Å²) in [5, 5.41) is 16.4. The fourth-order valence-electron chi connectivity index (χ4n) is 2.09. The lowest BCUT2D eigenvalue weighted by atomic mass is 10.3. The van der Waals surface area contributed by atoms with Gasteiger partial charge in [-0.2, -0.15) is 5.10 Å². The van der Waals surface area contributed by atoms with E-state index in [4.69, 9.17) is 5.11 Å². The van der Waals surface area contributed by atoms with Gasteiger partial charge in [-0.3, -0.25) is 4.68 Å². The molecule has 0 aliphatic carbocycles. The summed E-state index contributed by atoms with van der Waals surface area (Å²) >= 11 is 0. The Bertz CT molecular complexity index is 651. The Morgan fingerprint density at radius 1 is 1.24 bits per heavy atom. The van der Waals surface area contributed by atoms with Crippen molar-refractivity contribution in [3.8, 4) is 0 Å². The Morgan fingerprint density at radius 3 is 2.62 bits per heavy atom. The number of nitrogens with zero attached hydrogens (tertiary/aromatic N) is 4. The van der Waals surface area contributed by atoms with E-state index in [2.05, 4.69) is 20.4 Å². The van der Waals surface area contributed by atoms with Crippen LogP contribution in [0.1, 0.15) is 34.0 Å². The lowest BCUT2D eigenvalue weighted by Crippen LogP contribution is -2.12. The first kappa shape index (κ1) is 15.0. The highest BCUT2D eigenvalue weighted by Crippen LogP contribution is 2.06. The fraction of sp³-hybridized carbons (Fsp3) is 0.429. The summed E-state index contributed by atoms with van der Waals surface area (Å²) in [5.74, 6) is -0.702. The maximum atomic E-state index is 10.9. The van der Waals surface area contributed by atoms with Crippen LogP contribution in [0.3, 0.4) is 0 Å².